The number of phenols is 1. The molecule has 24 heavy (non-hydrogen) atoms. The average molecular weight is 409 g/mol. The molecule has 0 spiro atoms. The van der Waals surface area contributed by atoms with Gasteiger partial charge in [-0.05, 0) is 42.3 Å². The van der Waals surface area contributed by atoms with E-state index >= 15 is 0 Å². The number of ether oxygens (including phenoxy) is 1. The van der Waals surface area contributed by atoms with E-state index < -0.39 is 0 Å². The molecule has 0 radical (unpaired) electrons. The SMILES string of the molecule is COc1cc(Br)cc(C=C2C(=O)Nc3ccc(CCCl)cc32)c1O. The number of aromatic hydroxyl groups is 1. The van der Waals surface area contributed by atoms with Crippen LogP contribution in [0, 0.1) is 0 Å². The standard InChI is InChI=1S/C18H15BrClNO3/c1-24-16-9-12(19)7-11(17(16)22)8-14-13-6-10(4-5-20)2-3-15(13)21-18(14)23/h2-3,6-9,22H,4-5H2,1H3,(H,21,23). The lowest BCUT2D eigenvalue weighted by Crippen LogP contribution is -2.03. The molecule has 0 unspecified atom stereocenters. The number of nitrogens with one attached hydrogen (secondary N) is 1. The van der Waals surface area contributed by atoms with E-state index in [0.29, 0.717) is 22.8 Å². The largest absolute Gasteiger partial charge is 0.504 e. The molecule has 2 aromatic carbocycles. The van der Waals surface area contributed by atoms with Gasteiger partial charge in [0.25, 0.3) is 5.91 Å². The Morgan fingerprint density at radius 3 is 2.83 bits per heavy atom. The third-order valence-electron chi connectivity index (χ3n) is 3.84. The molecule has 3 rings (SSSR count). The zero-order chi connectivity index (χ0) is 17.3. The first-order valence-corrected chi connectivity index (χ1v) is 8.65. The number of rotatable bonds is 4. The fraction of sp³-hybridized carbons (Fsp3) is 0.167. The second-order valence-electron chi connectivity index (χ2n) is 5.38. The van der Waals surface area contributed by atoms with Gasteiger partial charge < -0.3 is 15.2 Å². The zero-order valence-electron chi connectivity index (χ0n) is 12.9. The first-order valence-electron chi connectivity index (χ1n) is 7.32. The molecule has 0 bridgehead atoms. The van der Waals surface area contributed by atoms with Crippen LogP contribution in [0.15, 0.2) is 34.8 Å². The molecule has 4 nitrogen and oxygen atoms in total. The number of hydrogen-bond acceptors (Lipinski definition) is 3. The van der Waals surface area contributed by atoms with Gasteiger partial charge in [-0.1, -0.05) is 22.0 Å². The minimum Gasteiger partial charge on any atom is -0.504 e. The topological polar surface area (TPSA) is 58.6 Å². The number of methoxy groups -OCH3 is 1. The van der Waals surface area contributed by atoms with Crippen molar-refractivity contribution in [1.82, 2.24) is 0 Å². The second kappa shape index (κ2) is 6.87. The van der Waals surface area contributed by atoms with Crippen LogP contribution in [-0.4, -0.2) is 24.0 Å². The summed E-state index contributed by atoms with van der Waals surface area (Å²) >= 11 is 9.18. The van der Waals surface area contributed by atoms with Crippen LogP contribution in [0.3, 0.4) is 0 Å². The Morgan fingerprint density at radius 2 is 2.12 bits per heavy atom. The number of amides is 1. The molecular weight excluding hydrogens is 394 g/mol. The summed E-state index contributed by atoms with van der Waals surface area (Å²) in [6.45, 7) is 0. The number of carbonyl (C=O) groups excluding carboxylic acids is 1. The van der Waals surface area contributed by atoms with Crippen LogP contribution < -0.4 is 10.1 Å². The summed E-state index contributed by atoms with van der Waals surface area (Å²) < 4.78 is 5.90. The molecule has 0 atom stereocenters. The molecule has 0 saturated carbocycles. The molecule has 2 N–H and O–H groups in total. The van der Waals surface area contributed by atoms with Crippen molar-refractivity contribution in [2.75, 3.05) is 18.3 Å². The molecule has 2 aromatic rings. The summed E-state index contributed by atoms with van der Waals surface area (Å²) in [5, 5.41) is 13.1. The summed E-state index contributed by atoms with van der Waals surface area (Å²) in [6, 6.07) is 9.17. The van der Waals surface area contributed by atoms with E-state index in [9.17, 15) is 9.90 Å². The Balaban J connectivity index is 2.11. The van der Waals surface area contributed by atoms with Crippen LogP contribution in [0.25, 0.3) is 11.6 Å². The highest BCUT2D eigenvalue weighted by molar-refractivity contribution is 9.10. The monoisotopic (exact) mass is 407 g/mol. The Hall–Kier alpha value is -1.98. The number of alkyl halides is 1. The number of anilines is 1. The van der Waals surface area contributed by atoms with Gasteiger partial charge in [-0.2, -0.15) is 0 Å². The Kier molecular flexibility index (Phi) is 4.83. The van der Waals surface area contributed by atoms with Crippen LogP contribution in [0.4, 0.5) is 5.69 Å². The zero-order valence-corrected chi connectivity index (χ0v) is 15.2. The number of hydrogen-bond donors (Lipinski definition) is 2. The molecule has 0 aliphatic carbocycles. The molecule has 1 heterocycles. The third-order valence-corrected chi connectivity index (χ3v) is 4.49. The predicted octanol–water partition coefficient (Wildman–Crippen LogP) is 4.44. The van der Waals surface area contributed by atoms with Crippen molar-refractivity contribution >= 4 is 50.8 Å². The lowest BCUT2D eigenvalue weighted by Gasteiger charge is -2.08. The number of benzene rings is 2. The maximum Gasteiger partial charge on any atom is 0.256 e. The molecular formula is C18H15BrClNO3. The van der Waals surface area contributed by atoms with Gasteiger partial charge in [-0.15, -0.1) is 11.6 Å². The van der Waals surface area contributed by atoms with Gasteiger partial charge in [0.2, 0.25) is 0 Å². The van der Waals surface area contributed by atoms with Crippen LogP contribution in [0.1, 0.15) is 16.7 Å². The number of carbonyl (C=O) groups is 1. The van der Waals surface area contributed by atoms with Crippen molar-refractivity contribution in [1.29, 1.82) is 0 Å². The van der Waals surface area contributed by atoms with Crippen molar-refractivity contribution in [3.63, 3.8) is 0 Å². The van der Waals surface area contributed by atoms with Crippen molar-refractivity contribution in [2.24, 2.45) is 0 Å². The molecule has 1 amide bonds. The molecule has 1 aliphatic rings. The van der Waals surface area contributed by atoms with Gasteiger partial charge in [0.1, 0.15) is 0 Å². The highest BCUT2D eigenvalue weighted by Crippen LogP contribution is 2.39. The van der Waals surface area contributed by atoms with Gasteiger partial charge in [-0.25, -0.2) is 0 Å². The smallest absolute Gasteiger partial charge is 0.256 e. The fourth-order valence-electron chi connectivity index (χ4n) is 2.66. The van der Waals surface area contributed by atoms with Gasteiger partial charge in [0.05, 0.1) is 7.11 Å². The van der Waals surface area contributed by atoms with Crippen molar-refractivity contribution < 1.29 is 14.6 Å². The minimum atomic E-state index is -0.202. The molecule has 1 aliphatic heterocycles. The number of fused-ring (bicyclic) bond motifs is 1. The highest BCUT2D eigenvalue weighted by Gasteiger charge is 2.25. The Labute approximate surface area is 153 Å². The van der Waals surface area contributed by atoms with E-state index in [4.69, 9.17) is 16.3 Å². The van der Waals surface area contributed by atoms with Crippen LogP contribution in [0.2, 0.25) is 0 Å². The van der Waals surface area contributed by atoms with Crippen molar-refractivity contribution in [2.45, 2.75) is 6.42 Å². The van der Waals surface area contributed by atoms with Crippen molar-refractivity contribution in [3.05, 3.63) is 51.5 Å². The van der Waals surface area contributed by atoms with Crippen molar-refractivity contribution in [3.8, 4) is 11.5 Å². The lowest BCUT2D eigenvalue weighted by molar-refractivity contribution is -0.110. The molecule has 6 heteroatoms. The van der Waals surface area contributed by atoms with E-state index in [0.717, 1.165) is 27.7 Å². The Bertz CT molecular complexity index is 848. The first-order chi connectivity index (χ1) is 11.5. The van der Waals surface area contributed by atoms with Gasteiger partial charge in [0.15, 0.2) is 11.5 Å². The summed E-state index contributed by atoms with van der Waals surface area (Å²) in [6.07, 6.45) is 2.39. The van der Waals surface area contributed by atoms with E-state index in [1.165, 1.54) is 7.11 Å². The van der Waals surface area contributed by atoms with E-state index in [-0.39, 0.29) is 11.7 Å². The summed E-state index contributed by atoms with van der Waals surface area (Å²) in [5.41, 5.74) is 3.62. The second-order valence-corrected chi connectivity index (χ2v) is 6.67. The molecule has 0 saturated heterocycles. The van der Waals surface area contributed by atoms with E-state index in [1.807, 2.05) is 18.2 Å². The molecule has 0 aromatic heterocycles. The maximum atomic E-state index is 12.3. The lowest BCUT2D eigenvalue weighted by atomic mass is 10.0. The third kappa shape index (κ3) is 3.14. The summed E-state index contributed by atoms with van der Waals surface area (Å²) in [7, 11) is 1.48. The normalized spacial score (nSPS) is 14.6. The summed E-state index contributed by atoms with van der Waals surface area (Å²) in [4.78, 5) is 12.3. The molecule has 0 fully saturated rings. The first kappa shape index (κ1) is 16.9. The fourth-order valence-corrected chi connectivity index (χ4v) is 3.33. The number of phenolic OH excluding ortho intramolecular Hbond substituents is 1. The van der Waals surface area contributed by atoms with E-state index in [1.54, 1.807) is 18.2 Å². The van der Waals surface area contributed by atoms with E-state index in [2.05, 4.69) is 21.2 Å². The van der Waals surface area contributed by atoms with Crippen LogP contribution >= 0.6 is 27.5 Å². The maximum absolute atomic E-state index is 12.3. The highest BCUT2D eigenvalue weighted by atomic mass is 79.9. The minimum absolute atomic E-state index is 0.00800. The van der Waals surface area contributed by atoms with Gasteiger partial charge >= 0.3 is 0 Å². The average Bonchev–Trinajstić information content (AvgIpc) is 2.86. The molecule has 124 valence electrons. The Morgan fingerprint density at radius 1 is 1.33 bits per heavy atom. The number of aryl methyl sites for hydroxylation is 1. The van der Waals surface area contributed by atoms with Crippen LogP contribution in [-0.2, 0) is 11.2 Å². The predicted molar refractivity (Wildman–Crippen MR) is 99.7 cm³/mol. The summed E-state index contributed by atoms with van der Waals surface area (Å²) in [5.74, 6) is 0.645. The number of halogens is 2. The van der Waals surface area contributed by atoms with Gasteiger partial charge in [0, 0.05) is 32.7 Å². The quantitative estimate of drug-likeness (QED) is 0.581. The van der Waals surface area contributed by atoms with Gasteiger partial charge in [-0.3, -0.25) is 4.79 Å². The van der Waals surface area contributed by atoms with Crippen LogP contribution in [0.5, 0.6) is 11.5 Å².